The largest absolute Gasteiger partial charge is 0.322 e. The molecule has 2 nitrogen and oxygen atoms in total. The van der Waals surface area contributed by atoms with Crippen LogP contribution in [0.2, 0.25) is 0 Å². The van der Waals surface area contributed by atoms with Crippen LogP contribution < -0.4 is 5.32 Å². The second-order valence-electron chi connectivity index (χ2n) is 4.74. The van der Waals surface area contributed by atoms with Crippen LogP contribution in [0.5, 0.6) is 0 Å². The lowest BCUT2D eigenvalue weighted by Crippen LogP contribution is -2.13. The molecule has 0 unspecified atom stereocenters. The van der Waals surface area contributed by atoms with Gasteiger partial charge in [0.25, 0.3) is 5.91 Å². The number of benzene rings is 2. The number of hydrogen-bond acceptors (Lipinski definition) is 1. The molecule has 0 aliphatic heterocycles. The lowest BCUT2D eigenvalue weighted by molar-refractivity contribution is 0.102. The van der Waals surface area contributed by atoms with Gasteiger partial charge in [-0.25, -0.2) is 0 Å². The summed E-state index contributed by atoms with van der Waals surface area (Å²) in [6.45, 7) is 5.96. The van der Waals surface area contributed by atoms with Crippen molar-refractivity contribution in [2.24, 2.45) is 0 Å². The molecular weight excluding hydrogens is 302 g/mol. The average Bonchev–Trinajstić information content (AvgIpc) is 2.33. The Morgan fingerprint density at radius 2 is 1.68 bits per heavy atom. The molecule has 2 aromatic rings. The zero-order valence-corrected chi connectivity index (χ0v) is 12.8. The molecule has 0 saturated carbocycles. The maximum absolute atomic E-state index is 12.2. The van der Waals surface area contributed by atoms with E-state index >= 15 is 0 Å². The average molecular weight is 318 g/mol. The van der Waals surface area contributed by atoms with Crippen molar-refractivity contribution in [3.05, 3.63) is 63.1 Å². The van der Waals surface area contributed by atoms with Gasteiger partial charge in [-0.3, -0.25) is 4.79 Å². The van der Waals surface area contributed by atoms with Crippen LogP contribution >= 0.6 is 15.9 Å². The molecule has 0 fully saturated rings. The summed E-state index contributed by atoms with van der Waals surface area (Å²) in [7, 11) is 0. The smallest absolute Gasteiger partial charge is 0.255 e. The van der Waals surface area contributed by atoms with Crippen molar-refractivity contribution in [3.63, 3.8) is 0 Å². The van der Waals surface area contributed by atoms with Gasteiger partial charge in [0.15, 0.2) is 0 Å². The standard InChI is InChI=1S/C16H16BrNO/c1-10-5-4-6-13(7-10)16(19)18-15-11(2)8-14(17)9-12(15)3/h4-9H,1-3H3,(H,18,19). The van der Waals surface area contributed by atoms with Crippen molar-refractivity contribution in [2.45, 2.75) is 20.8 Å². The maximum atomic E-state index is 12.2. The maximum Gasteiger partial charge on any atom is 0.255 e. The van der Waals surface area contributed by atoms with Gasteiger partial charge in [-0.2, -0.15) is 0 Å². The van der Waals surface area contributed by atoms with Gasteiger partial charge in [-0.15, -0.1) is 0 Å². The number of halogens is 1. The number of nitrogens with one attached hydrogen (secondary N) is 1. The van der Waals surface area contributed by atoms with Crippen LogP contribution in [0.15, 0.2) is 40.9 Å². The number of rotatable bonds is 2. The zero-order chi connectivity index (χ0) is 14.0. The Balaban J connectivity index is 2.29. The van der Waals surface area contributed by atoms with E-state index < -0.39 is 0 Å². The van der Waals surface area contributed by atoms with E-state index in [1.807, 2.05) is 57.2 Å². The van der Waals surface area contributed by atoms with Gasteiger partial charge in [0.2, 0.25) is 0 Å². The first-order valence-electron chi connectivity index (χ1n) is 6.12. The molecule has 0 aromatic heterocycles. The Bertz CT molecular complexity index is 611. The predicted octanol–water partition coefficient (Wildman–Crippen LogP) is 4.63. The summed E-state index contributed by atoms with van der Waals surface area (Å²) in [5.41, 5.74) is 4.74. The molecule has 0 heterocycles. The van der Waals surface area contributed by atoms with Crippen LogP contribution in [0.25, 0.3) is 0 Å². The molecular formula is C16H16BrNO. The van der Waals surface area contributed by atoms with E-state index in [0.717, 1.165) is 26.9 Å². The Morgan fingerprint density at radius 1 is 1.05 bits per heavy atom. The molecule has 19 heavy (non-hydrogen) atoms. The summed E-state index contributed by atoms with van der Waals surface area (Å²) in [5, 5.41) is 2.99. The highest BCUT2D eigenvalue weighted by molar-refractivity contribution is 9.10. The quantitative estimate of drug-likeness (QED) is 0.859. The summed E-state index contributed by atoms with van der Waals surface area (Å²) in [4.78, 5) is 12.2. The van der Waals surface area contributed by atoms with Gasteiger partial charge >= 0.3 is 0 Å². The third-order valence-electron chi connectivity index (χ3n) is 3.02. The SMILES string of the molecule is Cc1cccc(C(=O)Nc2c(C)cc(Br)cc2C)c1. The second kappa shape index (κ2) is 5.57. The molecule has 3 heteroatoms. The Labute approximate surface area is 122 Å². The summed E-state index contributed by atoms with van der Waals surface area (Å²) >= 11 is 3.46. The molecule has 2 aromatic carbocycles. The van der Waals surface area contributed by atoms with Gasteiger partial charge in [0, 0.05) is 15.7 Å². The molecule has 0 atom stereocenters. The minimum absolute atomic E-state index is 0.0720. The van der Waals surface area contributed by atoms with Crippen LogP contribution in [0.1, 0.15) is 27.0 Å². The summed E-state index contributed by atoms with van der Waals surface area (Å²) in [5.74, 6) is -0.0720. The predicted molar refractivity (Wildman–Crippen MR) is 82.7 cm³/mol. The van der Waals surface area contributed by atoms with Crippen molar-refractivity contribution < 1.29 is 4.79 Å². The molecule has 0 aliphatic carbocycles. The highest BCUT2D eigenvalue weighted by Crippen LogP contribution is 2.25. The molecule has 98 valence electrons. The fourth-order valence-electron chi connectivity index (χ4n) is 2.08. The van der Waals surface area contributed by atoms with Gasteiger partial charge in [-0.1, -0.05) is 33.6 Å². The van der Waals surface area contributed by atoms with E-state index in [0.29, 0.717) is 5.56 Å². The van der Waals surface area contributed by atoms with Gasteiger partial charge in [0.05, 0.1) is 0 Å². The van der Waals surface area contributed by atoms with Crippen LogP contribution in [0.3, 0.4) is 0 Å². The fourth-order valence-corrected chi connectivity index (χ4v) is 2.77. The number of carbonyl (C=O) groups is 1. The minimum atomic E-state index is -0.0720. The van der Waals surface area contributed by atoms with Crippen molar-refractivity contribution in [1.82, 2.24) is 0 Å². The van der Waals surface area contributed by atoms with E-state index in [2.05, 4.69) is 21.2 Å². The normalized spacial score (nSPS) is 10.3. The molecule has 0 saturated heterocycles. The lowest BCUT2D eigenvalue weighted by Gasteiger charge is -2.12. The molecule has 0 radical (unpaired) electrons. The minimum Gasteiger partial charge on any atom is -0.322 e. The van der Waals surface area contributed by atoms with Crippen LogP contribution in [0, 0.1) is 20.8 Å². The molecule has 2 rings (SSSR count). The van der Waals surface area contributed by atoms with Gasteiger partial charge in [0.1, 0.15) is 0 Å². The molecule has 1 N–H and O–H groups in total. The van der Waals surface area contributed by atoms with Crippen LogP contribution in [-0.2, 0) is 0 Å². The number of hydrogen-bond donors (Lipinski definition) is 1. The summed E-state index contributed by atoms with van der Waals surface area (Å²) in [6, 6.07) is 11.6. The van der Waals surface area contributed by atoms with Crippen LogP contribution in [0.4, 0.5) is 5.69 Å². The van der Waals surface area contributed by atoms with E-state index in [4.69, 9.17) is 0 Å². The van der Waals surface area contributed by atoms with Crippen molar-refractivity contribution >= 4 is 27.5 Å². The highest BCUT2D eigenvalue weighted by Gasteiger charge is 2.10. The first kappa shape index (κ1) is 13.8. The van der Waals surface area contributed by atoms with Crippen molar-refractivity contribution in [1.29, 1.82) is 0 Å². The first-order chi connectivity index (χ1) is 8.97. The number of carbonyl (C=O) groups excluding carboxylic acids is 1. The number of anilines is 1. The molecule has 0 spiro atoms. The number of amides is 1. The molecule has 0 aliphatic rings. The third kappa shape index (κ3) is 3.24. The summed E-state index contributed by atoms with van der Waals surface area (Å²) in [6.07, 6.45) is 0. The fraction of sp³-hybridized carbons (Fsp3) is 0.188. The lowest BCUT2D eigenvalue weighted by atomic mass is 10.1. The van der Waals surface area contributed by atoms with Crippen molar-refractivity contribution in [2.75, 3.05) is 5.32 Å². The Hall–Kier alpha value is -1.61. The van der Waals surface area contributed by atoms with E-state index in [1.54, 1.807) is 0 Å². The van der Waals surface area contributed by atoms with Crippen LogP contribution in [-0.4, -0.2) is 5.91 Å². The summed E-state index contributed by atoms with van der Waals surface area (Å²) < 4.78 is 1.02. The monoisotopic (exact) mass is 317 g/mol. The van der Waals surface area contributed by atoms with E-state index in [-0.39, 0.29) is 5.91 Å². The topological polar surface area (TPSA) is 29.1 Å². The van der Waals surface area contributed by atoms with Gasteiger partial charge in [-0.05, 0) is 56.2 Å². The highest BCUT2D eigenvalue weighted by atomic mass is 79.9. The molecule has 0 bridgehead atoms. The van der Waals surface area contributed by atoms with Gasteiger partial charge < -0.3 is 5.32 Å². The molecule has 1 amide bonds. The first-order valence-corrected chi connectivity index (χ1v) is 6.91. The third-order valence-corrected chi connectivity index (χ3v) is 3.47. The number of aryl methyl sites for hydroxylation is 3. The van der Waals surface area contributed by atoms with E-state index in [1.165, 1.54) is 0 Å². The zero-order valence-electron chi connectivity index (χ0n) is 11.3. The van der Waals surface area contributed by atoms with Crippen molar-refractivity contribution in [3.8, 4) is 0 Å². The Kier molecular flexibility index (Phi) is 4.05. The Morgan fingerprint density at radius 3 is 2.26 bits per heavy atom. The van der Waals surface area contributed by atoms with E-state index in [9.17, 15) is 4.79 Å². The second-order valence-corrected chi connectivity index (χ2v) is 5.65.